The molecule has 0 saturated heterocycles. The molecule has 1 N–H and O–H groups in total. The van der Waals surface area contributed by atoms with E-state index in [2.05, 4.69) is 23.8 Å². The van der Waals surface area contributed by atoms with E-state index in [4.69, 9.17) is 4.74 Å². The monoisotopic (exact) mass is 220 g/mol. The molecular weight excluding hydrogens is 200 g/mol. The maximum Gasteiger partial charge on any atom is 0.137 e. The number of pyridine rings is 1. The van der Waals surface area contributed by atoms with Crippen LogP contribution in [-0.2, 0) is 6.54 Å². The molecule has 0 fully saturated rings. The molecule has 3 nitrogen and oxygen atoms in total. The van der Waals surface area contributed by atoms with Gasteiger partial charge in [-0.05, 0) is 31.5 Å². The molecular formula is C13H20N2O. The number of allylic oxidation sites excluding steroid dienone is 1. The molecule has 88 valence electrons. The molecule has 0 spiro atoms. The van der Waals surface area contributed by atoms with Gasteiger partial charge in [0.2, 0.25) is 0 Å². The molecule has 0 bridgehead atoms. The first-order valence-electron chi connectivity index (χ1n) is 5.76. The number of hydrogen-bond donors (Lipinski definition) is 1. The molecule has 0 unspecified atom stereocenters. The van der Waals surface area contributed by atoms with E-state index in [0.29, 0.717) is 0 Å². The van der Waals surface area contributed by atoms with E-state index in [0.717, 1.165) is 44.0 Å². The molecule has 0 aromatic carbocycles. The second-order valence-corrected chi connectivity index (χ2v) is 3.54. The minimum absolute atomic E-state index is 0.722. The van der Waals surface area contributed by atoms with Crippen LogP contribution in [0.3, 0.4) is 0 Å². The van der Waals surface area contributed by atoms with E-state index in [1.807, 2.05) is 18.2 Å². The van der Waals surface area contributed by atoms with E-state index >= 15 is 0 Å². The van der Waals surface area contributed by atoms with Crippen molar-refractivity contribution in [1.29, 1.82) is 0 Å². The third kappa shape index (κ3) is 4.94. The predicted molar refractivity (Wildman–Crippen MR) is 66.5 cm³/mol. The Morgan fingerprint density at radius 2 is 2.38 bits per heavy atom. The van der Waals surface area contributed by atoms with Gasteiger partial charge < -0.3 is 10.1 Å². The lowest BCUT2D eigenvalue weighted by atomic mass is 10.3. The van der Waals surface area contributed by atoms with Gasteiger partial charge in [-0.2, -0.15) is 0 Å². The molecule has 0 atom stereocenters. The zero-order chi connectivity index (χ0) is 11.6. The Balaban J connectivity index is 2.30. The summed E-state index contributed by atoms with van der Waals surface area (Å²) in [5.74, 6) is 0.837. The van der Waals surface area contributed by atoms with Crippen molar-refractivity contribution in [3.05, 3.63) is 36.7 Å². The Hall–Kier alpha value is -1.35. The lowest BCUT2D eigenvalue weighted by Gasteiger charge is -2.06. The lowest BCUT2D eigenvalue weighted by molar-refractivity contribution is 0.310. The maximum absolute atomic E-state index is 5.54. The Labute approximate surface area is 97.5 Å². The summed E-state index contributed by atoms with van der Waals surface area (Å²) < 4.78 is 5.54. The first-order chi connectivity index (χ1) is 7.86. The van der Waals surface area contributed by atoms with Gasteiger partial charge in [0.25, 0.3) is 0 Å². The summed E-state index contributed by atoms with van der Waals surface area (Å²) >= 11 is 0. The number of unbranched alkanes of at least 4 members (excludes halogenated alkanes) is 1. The van der Waals surface area contributed by atoms with Crippen molar-refractivity contribution in [1.82, 2.24) is 10.3 Å². The number of nitrogens with zero attached hydrogens (tertiary/aromatic N) is 1. The largest absolute Gasteiger partial charge is 0.492 e. The number of ether oxygens (including phenoxy) is 1. The van der Waals surface area contributed by atoms with Gasteiger partial charge in [-0.25, -0.2) is 0 Å². The number of hydrogen-bond acceptors (Lipinski definition) is 3. The molecule has 16 heavy (non-hydrogen) atoms. The van der Waals surface area contributed by atoms with Crippen LogP contribution in [0, 0.1) is 0 Å². The van der Waals surface area contributed by atoms with Gasteiger partial charge in [0.05, 0.1) is 18.5 Å². The number of nitrogens with one attached hydrogen (secondary N) is 1. The van der Waals surface area contributed by atoms with Crippen LogP contribution in [0.15, 0.2) is 31.0 Å². The van der Waals surface area contributed by atoms with Gasteiger partial charge in [0.1, 0.15) is 5.75 Å². The molecule has 1 aromatic heterocycles. The second kappa shape index (κ2) is 7.88. The molecule has 1 heterocycles. The first kappa shape index (κ1) is 12.7. The molecule has 0 amide bonds. The van der Waals surface area contributed by atoms with Gasteiger partial charge in [-0.3, -0.25) is 4.98 Å². The Bertz CT molecular complexity index is 295. The maximum atomic E-state index is 5.54. The van der Waals surface area contributed by atoms with Crippen molar-refractivity contribution in [3.8, 4) is 5.75 Å². The van der Waals surface area contributed by atoms with Crippen LogP contribution >= 0.6 is 0 Å². The molecule has 0 aliphatic rings. The highest BCUT2D eigenvalue weighted by Gasteiger charge is 1.96. The van der Waals surface area contributed by atoms with Crippen molar-refractivity contribution >= 4 is 0 Å². The molecule has 0 aliphatic carbocycles. The summed E-state index contributed by atoms with van der Waals surface area (Å²) in [4.78, 5) is 4.31. The van der Waals surface area contributed by atoms with Crippen LogP contribution in [-0.4, -0.2) is 18.1 Å². The van der Waals surface area contributed by atoms with Crippen LogP contribution in [0.1, 0.15) is 25.5 Å². The first-order valence-corrected chi connectivity index (χ1v) is 5.76. The molecule has 1 rings (SSSR count). The van der Waals surface area contributed by atoms with Crippen molar-refractivity contribution < 1.29 is 4.74 Å². The van der Waals surface area contributed by atoms with Crippen molar-refractivity contribution in [3.63, 3.8) is 0 Å². The fourth-order valence-electron chi connectivity index (χ4n) is 1.27. The second-order valence-electron chi connectivity index (χ2n) is 3.54. The molecule has 0 saturated carbocycles. The summed E-state index contributed by atoms with van der Waals surface area (Å²) in [5.41, 5.74) is 1.04. The molecule has 0 radical (unpaired) electrons. The van der Waals surface area contributed by atoms with Gasteiger partial charge in [0, 0.05) is 6.54 Å². The van der Waals surface area contributed by atoms with Crippen LogP contribution in [0.5, 0.6) is 5.75 Å². The van der Waals surface area contributed by atoms with Crippen LogP contribution in [0.4, 0.5) is 0 Å². The predicted octanol–water partition coefficient (Wildman–Crippen LogP) is 2.54. The average Bonchev–Trinajstić information content (AvgIpc) is 2.33. The van der Waals surface area contributed by atoms with Gasteiger partial charge in [0.15, 0.2) is 0 Å². The van der Waals surface area contributed by atoms with Crippen molar-refractivity contribution in [2.24, 2.45) is 0 Å². The normalized spacial score (nSPS) is 10.1. The summed E-state index contributed by atoms with van der Waals surface area (Å²) in [6.07, 6.45) is 5.68. The number of rotatable bonds is 8. The fraction of sp³-hybridized carbons (Fsp3) is 0.462. The molecule has 1 aromatic rings. The summed E-state index contributed by atoms with van der Waals surface area (Å²) in [6.45, 7) is 8.25. The van der Waals surface area contributed by atoms with Gasteiger partial charge in [-0.15, -0.1) is 6.58 Å². The summed E-state index contributed by atoms with van der Waals surface area (Å²) in [5, 5.41) is 3.23. The highest BCUT2D eigenvalue weighted by molar-refractivity contribution is 5.19. The van der Waals surface area contributed by atoms with E-state index in [-0.39, 0.29) is 0 Å². The van der Waals surface area contributed by atoms with E-state index in [1.165, 1.54) is 0 Å². The Kier molecular flexibility index (Phi) is 6.26. The molecule has 3 heteroatoms. The molecule has 0 aliphatic heterocycles. The quantitative estimate of drug-likeness (QED) is 0.540. The highest BCUT2D eigenvalue weighted by Crippen LogP contribution is 2.09. The highest BCUT2D eigenvalue weighted by atomic mass is 16.5. The zero-order valence-electron chi connectivity index (χ0n) is 9.91. The topological polar surface area (TPSA) is 34.1 Å². The van der Waals surface area contributed by atoms with E-state index in [1.54, 1.807) is 6.20 Å². The van der Waals surface area contributed by atoms with E-state index < -0.39 is 0 Å². The Morgan fingerprint density at radius 3 is 3.00 bits per heavy atom. The van der Waals surface area contributed by atoms with E-state index in [9.17, 15) is 0 Å². The minimum atomic E-state index is 0.722. The van der Waals surface area contributed by atoms with Crippen LogP contribution in [0.25, 0.3) is 0 Å². The fourth-order valence-corrected chi connectivity index (χ4v) is 1.27. The van der Waals surface area contributed by atoms with Gasteiger partial charge in [-0.1, -0.05) is 13.0 Å². The third-order valence-corrected chi connectivity index (χ3v) is 2.18. The standard InChI is InChI=1S/C13H20N2O/c1-3-5-6-9-16-13-8-7-12(15-11-13)10-14-4-2/h3,7-8,11,14H,1,4-6,9-10H2,2H3. The summed E-state index contributed by atoms with van der Waals surface area (Å²) in [7, 11) is 0. The van der Waals surface area contributed by atoms with Gasteiger partial charge >= 0.3 is 0 Å². The minimum Gasteiger partial charge on any atom is -0.492 e. The summed E-state index contributed by atoms with van der Waals surface area (Å²) in [6, 6.07) is 3.96. The zero-order valence-corrected chi connectivity index (χ0v) is 9.91. The average molecular weight is 220 g/mol. The van der Waals surface area contributed by atoms with Crippen molar-refractivity contribution in [2.75, 3.05) is 13.2 Å². The lowest BCUT2D eigenvalue weighted by Crippen LogP contribution is -2.12. The van der Waals surface area contributed by atoms with Crippen molar-refractivity contribution in [2.45, 2.75) is 26.3 Å². The SMILES string of the molecule is C=CCCCOc1ccc(CNCC)nc1. The number of aromatic nitrogens is 1. The van der Waals surface area contributed by atoms with Crippen LogP contribution < -0.4 is 10.1 Å². The Morgan fingerprint density at radius 1 is 1.50 bits per heavy atom. The third-order valence-electron chi connectivity index (χ3n) is 2.18. The van der Waals surface area contributed by atoms with Crippen LogP contribution in [0.2, 0.25) is 0 Å². The smallest absolute Gasteiger partial charge is 0.137 e.